The van der Waals surface area contributed by atoms with Crippen LogP contribution in [0.2, 0.25) is 0 Å². The van der Waals surface area contributed by atoms with Gasteiger partial charge in [0.1, 0.15) is 6.04 Å². The zero-order valence-electron chi connectivity index (χ0n) is 10.5. The number of furan rings is 1. The lowest BCUT2D eigenvalue weighted by Crippen LogP contribution is -2.41. The van der Waals surface area contributed by atoms with Crippen LogP contribution in [0.1, 0.15) is 12.8 Å². The van der Waals surface area contributed by atoms with E-state index in [-0.39, 0.29) is 24.0 Å². The molecule has 1 heterocycles. The molecule has 20 heavy (non-hydrogen) atoms. The first-order chi connectivity index (χ1) is 9.33. The molecule has 1 rings (SSSR count). The second-order valence-corrected chi connectivity index (χ2v) is 5.57. The Kier molecular flexibility index (Phi) is 5.53. The predicted octanol–water partition coefficient (Wildman–Crippen LogP) is -0.726. The number of carboxylic acids is 1. The quantitative estimate of drug-likeness (QED) is 0.240. The van der Waals surface area contributed by atoms with Crippen molar-refractivity contribution in [3.8, 4) is 0 Å². The van der Waals surface area contributed by atoms with Crippen LogP contribution in [-0.4, -0.2) is 38.0 Å². The fourth-order valence-electron chi connectivity index (χ4n) is 1.42. The topological polar surface area (TPSA) is 159 Å². The van der Waals surface area contributed by atoms with Gasteiger partial charge in [-0.2, -0.15) is 4.72 Å². The standard InChI is InChI=1S/C10H16N4O5S/c11-10(12)13-5-1-3-7(9(15)16)14-20(17,18)8-4-2-6-19-8/h2,4,6-7,14H,1,3,5H2,(H,15,16)(H4,11,12,13). The van der Waals surface area contributed by atoms with E-state index in [4.69, 9.17) is 20.7 Å². The van der Waals surface area contributed by atoms with Gasteiger partial charge in [-0.3, -0.25) is 10.2 Å². The van der Waals surface area contributed by atoms with Gasteiger partial charge in [0.05, 0.1) is 6.26 Å². The summed E-state index contributed by atoms with van der Waals surface area (Å²) in [5, 5.41) is 18.1. The molecule has 6 N–H and O–H groups in total. The molecule has 1 atom stereocenters. The van der Waals surface area contributed by atoms with Crippen LogP contribution < -0.4 is 15.8 Å². The molecule has 0 radical (unpaired) electrons. The van der Waals surface area contributed by atoms with Crippen molar-refractivity contribution in [3.05, 3.63) is 18.4 Å². The van der Waals surface area contributed by atoms with Crippen molar-refractivity contribution in [2.24, 2.45) is 5.73 Å². The molecule has 0 spiro atoms. The summed E-state index contributed by atoms with van der Waals surface area (Å²) in [5.74, 6) is -1.52. The summed E-state index contributed by atoms with van der Waals surface area (Å²) in [6, 6.07) is 1.33. The van der Waals surface area contributed by atoms with Crippen molar-refractivity contribution in [3.63, 3.8) is 0 Å². The highest BCUT2D eigenvalue weighted by molar-refractivity contribution is 7.89. The Hall–Kier alpha value is -2.07. The number of carbonyl (C=O) groups is 1. The van der Waals surface area contributed by atoms with Gasteiger partial charge in [0.2, 0.25) is 5.09 Å². The lowest BCUT2D eigenvalue weighted by atomic mass is 10.2. The number of hydrogen-bond donors (Lipinski definition) is 5. The SMILES string of the molecule is N=C(N)NCCCC(NS(=O)(=O)c1ccco1)C(=O)O. The summed E-state index contributed by atoms with van der Waals surface area (Å²) in [7, 11) is -4.00. The number of aliphatic carboxylic acids is 1. The molecule has 0 aliphatic carbocycles. The number of guanidine groups is 1. The van der Waals surface area contributed by atoms with E-state index in [9.17, 15) is 13.2 Å². The molecule has 0 aliphatic rings. The van der Waals surface area contributed by atoms with Crippen LogP contribution in [0.3, 0.4) is 0 Å². The zero-order valence-corrected chi connectivity index (χ0v) is 11.3. The summed E-state index contributed by atoms with van der Waals surface area (Å²) in [5.41, 5.74) is 5.07. The Morgan fingerprint density at radius 2 is 2.25 bits per heavy atom. The molecule has 1 aromatic heterocycles. The largest absolute Gasteiger partial charge is 0.480 e. The maximum Gasteiger partial charge on any atom is 0.321 e. The molecule has 0 aromatic carbocycles. The zero-order chi connectivity index (χ0) is 15.2. The van der Waals surface area contributed by atoms with E-state index in [1.54, 1.807) is 0 Å². The molecule has 0 aliphatic heterocycles. The molecule has 1 unspecified atom stereocenters. The van der Waals surface area contributed by atoms with E-state index in [2.05, 4.69) is 5.32 Å². The smallest absolute Gasteiger partial charge is 0.321 e. The van der Waals surface area contributed by atoms with E-state index in [0.717, 1.165) is 0 Å². The highest BCUT2D eigenvalue weighted by atomic mass is 32.2. The molecule has 0 fully saturated rings. The van der Waals surface area contributed by atoms with Crippen molar-refractivity contribution < 1.29 is 22.7 Å². The molecular formula is C10H16N4O5S. The molecule has 0 saturated heterocycles. The minimum atomic E-state index is -4.00. The summed E-state index contributed by atoms with van der Waals surface area (Å²) in [4.78, 5) is 11.0. The molecule has 0 amide bonds. The monoisotopic (exact) mass is 304 g/mol. The molecule has 0 saturated carbocycles. The minimum absolute atomic E-state index is 0.0511. The summed E-state index contributed by atoms with van der Waals surface area (Å²) < 4.78 is 30.4. The number of rotatable bonds is 8. The van der Waals surface area contributed by atoms with Crippen LogP contribution in [-0.2, 0) is 14.8 Å². The van der Waals surface area contributed by atoms with Crippen molar-refractivity contribution in [1.29, 1.82) is 5.41 Å². The normalized spacial score (nSPS) is 12.8. The first-order valence-electron chi connectivity index (χ1n) is 5.69. The first-order valence-corrected chi connectivity index (χ1v) is 7.18. The van der Waals surface area contributed by atoms with Crippen LogP contribution in [0.15, 0.2) is 27.9 Å². The third kappa shape index (κ3) is 4.90. The average molecular weight is 304 g/mol. The number of hydrogen-bond acceptors (Lipinski definition) is 5. The maximum atomic E-state index is 11.8. The van der Waals surface area contributed by atoms with Gasteiger partial charge in [0, 0.05) is 6.54 Å². The fraction of sp³-hybridized carbons (Fsp3) is 0.400. The number of sulfonamides is 1. The molecule has 1 aromatic rings. The van der Waals surface area contributed by atoms with Gasteiger partial charge in [0.25, 0.3) is 10.0 Å². The van der Waals surface area contributed by atoms with E-state index in [1.807, 2.05) is 4.72 Å². The fourth-order valence-corrected chi connectivity index (χ4v) is 2.57. The van der Waals surface area contributed by atoms with Gasteiger partial charge >= 0.3 is 5.97 Å². The summed E-state index contributed by atoms with van der Waals surface area (Å²) in [6.07, 6.45) is 1.56. The van der Waals surface area contributed by atoms with Gasteiger partial charge < -0.3 is 20.6 Å². The third-order valence-corrected chi connectivity index (χ3v) is 3.70. The Labute approximate surface area is 115 Å². The number of carboxylic acid groups (broad SMARTS) is 1. The Morgan fingerprint density at radius 3 is 2.75 bits per heavy atom. The lowest BCUT2D eigenvalue weighted by Gasteiger charge is -2.13. The Balaban J connectivity index is 2.59. The summed E-state index contributed by atoms with van der Waals surface area (Å²) in [6.45, 7) is 0.279. The Morgan fingerprint density at radius 1 is 1.55 bits per heavy atom. The first kappa shape index (κ1) is 16.0. The Bertz CT molecular complexity index is 554. The van der Waals surface area contributed by atoms with Crippen molar-refractivity contribution in [1.82, 2.24) is 10.0 Å². The lowest BCUT2D eigenvalue weighted by molar-refractivity contribution is -0.139. The van der Waals surface area contributed by atoms with Crippen LogP contribution in [0.5, 0.6) is 0 Å². The third-order valence-electron chi connectivity index (χ3n) is 2.34. The van der Waals surface area contributed by atoms with Crippen LogP contribution >= 0.6 is 0 Å². The number of nitrogens with one attached hydrogen (secondary N) is 3. The highest BCUT2D eigenvalue weighted by Gasteiger charge is 2.26. The number of nitrogens with two attached hydrogens (primary N) is 1. The van der Waals surface area contributed by atoms with Gasteiger partial charge in [-0.1, -0.05) is 0 Å². The van der Waals surface area contributed by atoms with E-state index >= 15 is 0 Å². The highest BCUT2D eigenvalue weighted by Crippen LogP contribution is 2.10. The second kappa shape index (κ2) is 6.91. The molecule has 0 bridgehead atoms. The molecular weight excluding hydrogens is 288 g/mol. The van der Waals surface area contributed by atoms with Gasteiger partial charge in [0.15, 0.2) is 5.96 Å². The van der Waals surface area contributed by atoms with Gasteiger partial charge in [-0.05, 0) is 25.0 Å². The maximum absolute atomic E-state index is 11.8. The van der Waals surface area contributed by atoms with Crippen LogP contribution in [0, 0.1) is 5.41 Å². The van der Waals surface area contributed by atoms with E-state index < -0.39 is 22.0 Å². The van der Waals surface area contributed by atoms with E-state index in [0.29, 0.717) is 6.42 Å². The van der Waals surface area contributed by atoms with Crippen LogP contribution in [0.4, 0.5) is 0 Å². The molecule has 10 heteroatoms. The average Bonchev–Trinajstić information content (AvgIpc) is 2.86. The van der Waals surface area contributed by atoms with Crippen molar-refractivity contribution in [2.75, 3.05) is 6.54 Å². The van der Waals surface area contributed by atoms with Crippen molar-refractivity contribution >= 4 is 22.0 Å². The second-order valence-electron chi connectivity index (χ2n) is 3.93. The molecule has 112 valence electrons. The van der Waals surface area contributed by atoms with Gasteiger partial charge in [-0.25, -0.2) is 8.42 Å². The van der Waals surface area contributed by atoms with Crippen molar-refractivity contribution in [2.45, 2.75) is 24.0 Å². The predicted molar refractivity (Wildman–Crippen MR) is 69.6 cm³/mol. The minimum Gasteiger partial charge on any atom is -0.480 e. The van der Waals surface area contributed by atoms with E-state index in [1.165, 1.54) is 18.4 Å². The van der Waals surface area contributed by atoms with Gasteiger partial charge in [-0.15, -0.1) is 0 Å². The molecule has 9 nitrogen and oxygen atoms in total. The van der Waals surface area contributed by atoms with Crippen LogP contribution in [0.25, 0.3) is 0 Å². The summed E-state index contributed by atoms with van der Waals surface area (Å²) >= 11 is 0.